The zero-order valence-corrected chi connectivity index (χ0v) is 15.4. The van der Waals surface area contributed by atoms with Crippen LogP contribution in [0.4, 0.5) is 0 Å². The van der Waals surface area contributed by atoms with Crippen molar-refractivity contribution in [2.75, 3.05) is 13.1 Å². The van der Waals surface area contributed by atoms with E-state index in [1.165, 1.54) is 0 Å². The van der Waals surface area contributed by atoms with E-state index < -0.39 is 0 Å². The Balaban J connectivity index is 1.91. The molecule has 0 amide bonds. The summed E-state index contributed by atoms with van der Waals surface area (Å²) in [5, 5.41) is 7.27. The molecule has 0 radical (unpaired) electrons. The highest BCUT2D eigenvalue weighted by molar-refractivity contribution is 9.10. The van der Waals surface area contributed by atoms with Crippen LogP contribution in [0.3, 0.4) is 0 Å². The number of hydrogen-bond donors (Lipinski definition) is 2. The summed E-state index contributed by atoms with van der Waals surface area (Å²) < 4.78 is 0.968. The Labute approximate surface area is 150 Å². The lowest BCUT2D eigenvalue weighted by atomic mass is 10.2. The van der Waals surface area contributed by atoms with Crippen molar-refractivity contribution in [2.45, 2.75) is 19.9 Å². The quantitative estimate of drug-likeness (QED) is 0.578. The maximum absolute atomic E-state index is 6.23. The molecule has 23 heavy (non-hydrogen) atoms. The fourth-order valence-corrected chi connectivity index (χ4v) is 2.74. The number of nitrogens with zero attached hydrogens (tertiary/aromatic N) is 2. The monoisotopic (exact) mass is 394 g/mol. The average Bonchev–Trinajstić information content (AvgIpc) is 2.55. The van der Waals surface area contributed by atoms with Gasteiger partial charge in [-0.2, -0.15) is 0 Å². The van der Waals surface area contributed by atoms with Crippen molar-refractivity contribution in [1.29, 1.82) is 0 Å². The summed E-state index contributed by atoms with van der Waals surface area (Å²) in [7, 11) is 0. The van der Waals surface area contributed by atoms with Crippen LogP contribution in [0, 0.1) is 0 Å². The van der Waals surface area contributed by atoms with Gasteiger partial charge in [-0.1, -0.05) is 39.7 Å². The smallest absolute Gasteiger partial charge is 0.191 e. The molecule has 0 fully saturated rings. The van der Waals surface area contributed by atoms with Gasteiger partial charge in [0.1, 0.15) is 0 Å². The Kier molecular flexibility index (Phi) is 7.36. The first-order valence-corrected chi connectivity index (χ1v) is 8.72. The van der Waals surface area contributed by atoms with E-state index in [0.717, 1.165) is 41.2 Å². The van der Waals surface area contributed by atoms with E-state index in [4.69, 9.17) is 11.6 Å². The van der Waals surface area contributed by atoms with Crippen molar-refractivity contribution in [3.8, 4) is 0 Å². The first-order chi connectivity index (χ1) is 11.2. The van der Waals surface area contributed by atoms with Gasteiger partial charge >= 0.3 is 0 Å². The van der Waals surface area contributed by atoms with Gasteiger partial charge in [-0.15, -0.1) is 0 Å². The maximum Gasteiger partial charge on any atom is 0.191 e. The molecule has 0 saturated carbocycles. The molecule has 2 aromatic rings. The van der Waals surface area contributed by atoms with Gasteiger partial charge in [-0.05, 0) is 36.8 Å². The largest absolute Gasteiger partial charge is 0.357 e. The molecule has 1 heterocycles. The molecule has 122 valence electrons. The molecule has 0 aliphatic heterocycles. The number of benzene rings is 1. The standard InChI is InChI=1S/C17H20BrClN4/c1-2-20-17(22-10-8-15-5-3-4-9-21-15)23-12-13-6-7-14(18)11-16(13)19/h3-7,9,11H,2,8,10,12H2,1H3,(H2,20,22,23). The minimum Gasteiger partial charge on any atom is -0.357 e. The number of nitrogens with one attached hydrogen (secondary N) is 2. The van der Waals surface area contributed by atoms with Crippen LogP contribution in [0.1, 0.15) is 18.2 Å². The SMILES string of the molecule is CCNC(=NCc1ccc(Br)cc1Cl)NCCc1ccccn1. The normalized spacial score (nSPS) is 11.3. The number of guanidine groups is 1. The summed E-state index contributed by atoms with van der Waals surface area (Å²) in [5.41, 5.74) is 2.06. The van der Waals surface area contributed by atoms with Gasteiger partial charge in [-0.25, -0.2) is 4.99 Å². The zero-order valence-electron chi connectivity index (χ0n) is 13.0. The summed E-state index contributed by atoms with van der Waals surface area (Å²) in [5.74, 6) is 0.780. The van der Waals surface area contributed by atoms with Crippen molar-refractivity contribution >= 4 is 33.5 Å². The molecule has 1 aromatic heterocycles. The fraction of sp³-hybridized carbons (Fsp3) is 0.294. The summed E-state index contributed by atoms with van der Waals surface area (Å²) in [4.78, 5) is 8.89. The highest BCUT2D eigenvalue weighted by atomic mass is 79.9. The van der Waals surface area contributed by atoms with Crippen molar-refractivity contribution < 1.29 is 0 Å². The molecular formula is C17H20BrClN4. The predicted molar refractivity (Wildman–Crippen MR) is 99.9 cm³/mol. The molecular weight excluding hydrogens is 376 g/mol. The van der Waals surface area contributed by atoms with Crippen LogP contribution in [0.2, 0.25) is 5.02 Å². The third kappa shape index (κ3) is 6.20. The van der Waals surface area contributed by atoms with Gasteiger partial charge in [0.25, 0.3) is 0 Å². The van der Waals surface area contributed by atoms with E-state index in [-0.39, 0.29) is 0 Å². The summed E-state index contributed by atoms with van der Waals surface area (Å²) >= 11 is 9.63. The van der Waals surface area contributed by atoms with Gasteiger partial charge in [0, 0.05) is 40.9 Å². The topological polar surface area (TPSA) is 49.3 Å². The van der Waals surface area contributed by atoms with E-state index >= 15 is 0 Å². The molecule has 0 aliphatic carbocycles. The zero-order chi connectivity index (χ0) is 16.5. The van der Waals surface area contributed by atoms with E-state index in [0.29, 0.717) is 11.6 Å². The van der Waals surface area contributed by atoms with Crippen LogP contribution >= 0.6 is 27.5 Å². The molecule has 0 atom stereocenters. The lowest BCUT2D eigenvalue weighted by molar-refractivity contribution is 0.788. The Morgan fingerprint density at radius 3 is 2.83 bits per heavy atom. The number of aromatic nitrogens is 1. The van der Waals surface area contributed by atoms with Crippen LogP contribution < -0.4 is 10.6 Å². The lowest BCUT2D eigenvalue weighted by Gasteiger charge is -2.11. The highest BCUT2D eigenvalue weighted by Crippen LogP contribution is 2.21. The second-order valence-electron chi connectivity index (χ2n) is 4.93. The molecule has 0 saturated heterocycles. The summed E-state index contributed by atoms with van der Waals surface area (Å²) in [6.45, 7) is 4.16. The van der Waals surface area contributed by atoms with Crippen LogP contribution in [-0.2, 0) is 13.0 Å². The third-order valence-electron chi connectivity index (χ3n) is 3.17. The fourth-order valence-electron chi connectivity index (χ4n) is 2.01. The van der Waals surface area contributed by atoms with Crippen LogP contribution in [-0.4, -0.2) is 24.0 Å². The van der Waals surface area contributed by atoms with E-state index in [1.54, 1.807) is 0 Å². The number of hydrogen-bond acceptors (Lipinski definition) is 2. The third-order valence-corrected chi connectivity index (χ3v) is 4.01. The minimum atomic E-state index is 0.533. The number of pyridine rings is 1. The number of rotatable bonds is 6. The summed E-state index contributed by atoms with van der Waals surface area (Å²) in [6, 6.07) is 11.8. The van der Waals surface area contributed by atoms with Crippen molar-refractivity contribution in [3.05, 3.63) is 63.3 Å². The van der Waals surface area contributed by atoms with Gasteiger partial charge in [-0.3, -0.25) is 4.98 Å². The van der Waals surface area contributed by atoms with Crippen LogP contribution in [0.15, 0.2) is 52.1 Å². The van der Waals surface area contributed by atoms with Crippen LogP contribution in [0.5, 0.6) is 0 Å². The second-order valence-corrected chi connectivity index (χ2v) is 6.25. The Morgan fingerprint density at radius 1 is 1.26 bits per heavy atom. The molecule has 2 rings (SSSR count). The van der Waals surface area contributed by atoms with E-state index in [2.05, 4.69) is 36.5 Å². The van der Waals surface area contributed by atoms with Crippen molar-refractivity contribution in [3.63, 3.8) is 0 Å². The first-order valence-electron chi connectivity index (χ1n) is 7.55. The molecule has 4 nitrogen and oxygen atoms in total. The average molecular weight is 396 g/mol. The number of aliphatic imine (C=N–C) groups is 1. The van der Waals surface area contributed by atoms with Gasteiger partial charge in [0.2, 0.25) is 0 Å². The van der Waals surface area contributed by atoms with Crippen molar-refractivity contribution in [2.24, 2.45) is 4.99 Å². The number of halogens is 2. The summed E-state index contributed by atoms with van der Waals surface area (Å²) in [6.07, 6.45) is 2.66. The van der Waals surface area contributed by atoms with E-state index in [1.807, 2.05) is 49.5 Å². The molecule has 1 aromatic carbocycles. The molecule has 6 heteroatoms. The minimum absolute atomic E-state index is 0.533. The molecule has 0 aliphatic rings. The predicted octanol–water partition coefficient (Wildman–Crippen LogP) is 3.80. The van der Waals surface area contributed by atoms with Crippen molar-refractivity contribution in [1.82, 2.24) is 15.6 Å². The van der Waals surface area contributed by atoms with Gasteiger partial charge < -0.3 is 10.6 Å². The van der Waals surface area contributed by atoms with Crippen LogP contribution in [0.25, 0.3) is 0 Å². The Hall–Kier alpha value is -1.59. The molecule has 0 unspecified atom stereocenters. The second kappa shape index (κ2) is 9.53. The van der Waals surface area contributed by atoms with Gasteiger partial charge in [0.15, 0.2) is 5.96 Å². The lowest BCUT2D eigenvalue weighted by Crippen LogP contribution is -2.38. The molecule has 0 bridgehead atoms. The Morgan fingerprint density at radius 2 is 2.13 bits per heavy atom. The molecule has 2 N–H and O–H groups in total. The maximum atomic E-state index is 6.23. The van der Waals surface area contributed by atoms with Gasteiger partial charge in [0.05, 0.1) is 6.54 Å². The Bertz CT molecular complexity index is 646. The molecule has 0 spiro atoms. The van der Waals surface area contributed by atoms with E-state index in [9.17, 15) is 0 Å². The highest BCUT2D eigenvalue weighted by Gasteiger charge is 2.02. The first kappa shape index (κ1) is 17.8.